The molecule has 4 aliphatic rings. The lowest BCUT2D eigenvalue weighted by atomic mass is 9.97. The number of benzene rings is 4. The predicted molar refractivity (Wildman–Crippen MR) is 263 cm³/mol. The van der Waals surface area contributed by atoms with Crippen LogP contribution >= 0.6 is 0 Å². The first-order chi connectivity index (χ1) is 33.6. The van der Waals surface area contributed by atoms with Crippen molar-refractivity contribution in [2.45, 2.75) is 160 Å². The Morgan fingerprint density at radius 1 is 0.507 bits per heavy atom. The molecule has 0 bridgehead atoms. The van der Waals surface area contributed by atoms with Gasteiger partial charge >= 0.3 is 11.9 Å². The predicted octanol–water partition coefficient (Wildman–Crippen LogP) is 6.38. The van der Waals surface area contributed by atoms with Gasteiger partial charge in [0.25, 0.3) is 0 Å². The summed E-state index contributed by atoms with van der Waals surface area (Å²) in [5.74, 6) is -2.76. The summed E-state index contributed by atoms with van der Waals surface area (Å²) in [5.41, 5.74) is 4.02. The van der Waals surface area contributed by atoms with Crippen molar-refractivity contribution in [2.75, 3.05) is 27.4 Å². The van der Waals surface area contributed by atoms with Crippen molar-refractivity contribution in [3.8, 4) is 0 Å². The van der Waals surface area contributed by atoms with E-state index in [0.717, 1.165) is 22.3 Å². The van der Waals surface area contributed by atoms with Crippen LogP contribution in [0.4, 0.5) is 0 Å². The maximum absolute atomic E-state index is 13.4. The average Bonchev–Trinajstić information content (AvgIpc) is 4.05. The molecule has 4 saturated heterocycles. The van der Waals surface area contributed by atoms with Crippen LogP contribution in [-0.2, 0) is 83.1 Å². The number of fused-ring (bicyclic) bond motifs is 2. The molecule has 4 heterocycles. The smallest absolute Gasteiger partial charge is 0.326 e. The molecule has 12 atom stereocenters. The first kappa shape index (κ1) is 55.7. The molecule has 16 heteroatoms. The van der Waals surface area contributed by atoms with Gasteiger partial charge in [0.2, 0.25) is 0 Å². The summed E-state index contributed by atoms with van der Waals surface area (Å²) >= 11 is 0. The summed E-state index contributed by atoms with van der Waals surface area (Å²) < 4.78 is 58.0. The van der Waals surface area contributed by atoms with E-state index >= 15 is 0 Å². The minimum atomic E-state index is -1.26. The largest absolute Gasteiger partial charge is 0.465 e. The van der Waals surface area contributed by atoms with Gasteiger partial charge in [0.15, 0.2) is 24.2 Å². The zero-order valence-electron chi connectivity index (χ0n) is 41.4. The number of carbonyl (C=O) groups is 2. The SMILES string of the molecule is C.CCOC(=O)[C@@H]([C@H](O)[C@H]1O[C@@H](OC)[C@@H]2OC(C)(C)O[C@H]12)N(Cc1ccccc1)Cc1ccccc1.CCOC(=O)[C@H]([C@H](O)[C@H]1O[C@@H](OC)[C@@H]2OC(C)(C)O[C@H]12)N(Cc1ccccc1)Cc1ccccc1. The van der Waals surface area contributed by atoms with E-state index in [2.05, 4.69) is 0 Å². The third kappa shape index (κ3) is 13.9. The highest BCUT2D eigenvalue weighted by molar-refractivity contribution is 5.77. The minimum Gasteiger partial charge on any atom is -0.465 e. The summed E-state index contributed by atoms with van der Waals surface area (Å²) in [6.07, 6.45) is -7.90. The second-order valence-electron chi connectivity index (χ2n) is 18.7. The Balaban J connectivity index is 0.000000229. The number of rotatable bonds is 20. The molecule has 0 aliphatic carbocycles. The van der Waals surface area contributed by atoms with Crippen molar-refractivity contribution in [3.05, 3.63) is 144 Å². The van der Waals surface area contributed by atoms with E-state index in [0.29, 0.717) is 26.2 Å². The second-order valence-corrected chi connectivity index (χ2v) is 18.7. The maximum Gasteiger partial charge on any atom is 0.326 e. The monoisotopic (exact) mass is 987 g/mol. The van der Waals surface area contributed by atoms with E-state index in [1.54, 1.807) is 41.5 Å². The van der Waals surface area contributed by atoms with Crippen LogP contribution in [0.25, 0.3) is 0 Å². The van der Waals surface area contributed by atoms with Crippen molar-refractivity contribution >= 4 is 11.9 Å². The molecule has 4 fully saturated rings. The lowest BCUT2D eigenvalue weighted by molar-refractivity contribution is -0.241. The highest BCUT2D eigenvalue weighted by Gasteiger charge is 2.61. The van der Waals surface area contributed by atoms with Crippen molar-refractivity contribution in [3.63, 3.8) is 0 Å². The van der Waals surface area contributed by atoms with Crippen LogP contribution in [0.5, 0.6) is 0 Å². The Morgan fingerprint density at radius 3 is 1.03 bits per heavy atom. The minimum absolute atomic E-state index is 0. The fourth-order valence-electron chi connectivity index (χ4n) is 9.71. The van der Waals surface area contributed by atoms with E-state index in [4.69, 9.17) is 47.4 Å². The summed E-state index contributed by atoms with van der Waals surface area (Å²) in [6.45, 7) is 12.8. The van der Waals surface area contributed by atoms with Crippen LogP contribution in [0.15, 0.2) is 121 Å². The number of ether oxygens (including phenoxy) is 10. The third-order valence-corrected chi connectivity index (χ3v) is 12.6. The van der Waals surface area contributed by atoms with E-state index in [9.17, 15) is 19.8 Å². The third-order valence-electron chi connectivity index (χ3n) is 12.6. The van der Waals surface area contributed by atoms with Crippen molar-refractivity contribution in [2.24, 2.45) is 0 Å². The van der Waals surface area contributed by atoms with Crippen LogP contribution < -0.4 is 0 Å². The van der Waals surface area contributed by atoms with Gasteiger partial charge in [0.1, 0.15) is 60.9 Å². The summed E-state index contributed by atoms with van der Waals surface area (Å²) in [5, 5.41) is 23.4. The Hall–Kier alpha value is -4.66. The number of nitrogens with zero attached hydrogens (tertiary/aromatic N) is 2. The molecule has 71 heavy (non-hydrogen) atoms. The van der Waals surface area contributed by atoms with Crippen LogP contribution in [0.2, 0.25) is 0 Å². The number of carbonyl (C=O) groups excluding carboxylic acids is 2. The molecule has 16 nitrogen and oxygen atoms in total. The van der Waals surface area contributed by atoms with Crippen LogP contribution in [0.1, 0.15) is 71.2 Å². The van der Waals surface area contributed by atoms with Crippen molar-refractivity contribution < 1.29 is 67.2 Å². The number of hydrogen-bond acceptors (Lipinski definition) is 16. The van der Waals surface area contributed by atoms with Gasteiger partial charge in [-0.1, -0.05) is 129 Å². The molecule has 4 aliphatic heterocycles. The Morgan fingerprint density at radius 2 is 0.775 bits per heavy atom. The molecular weight excluding hydrogens is 913 g/mol. The van der Waals surface area contributed by atoms with E-state index in [1.807, 2.05) is 131 Å². The zero-order valence-corrected chi connectivity index (χ0v) is 41.4. The number of methoxy groups -OCH3 is 2. The molecular formula is C55H74N2O14. The van der Waals surface area contributed by atoms with Gasteiger partial charge in [0.05, 0.1) is 13.2 Å². The topological polar surface area (TPSA) is 173 Å². The molecule has 8 rings (SSSR count). The van der Waals surface area contributed by atoms with Gasteiger partial charge in [-0.3, -0.25) is 19.4 Å². The highest BCUT2D eigenvalue weighted by atomic mass is 16.8. The Bertz CT molecular complexity index is 1980. The van der Waals surface area contributed by atoms with Gasteiger partial charge in [-0.05, 0) is 63.8 Å². The van der Waals surface area contributed by atoms with Gasteiger partial charge < -0.3 is 57.6 Å². The number of esters is 2. The van der Waals surface area contributed by atoms with Crippen LogP contribution in [0.3, 0.4) is 0 Å². The number of aliphatic hydroxyl groups excluding tert-OH is 2. The second kappa shape index (κ2) is 25.3. The molecule has 0 saturated carbocycles. The fraction of sp³-hybridized carbons (Fsp3) is 0.527. The Kier molecular flexibility index (Phi) is 19.9. The van der Waals surface area contributed by atoms with E-state index in [1.165, 1.54) is 14.2 Å². The molecule has 0 amide bonds. The molecule has 0 unspecified atom stereocenters. The molecule has 0 spiro atoms. The molecule has 0 radical (unpaired) electrons. The molecule has 0 aromatic heterocycles. The molecule has 4 aromatic carbocycles. The summed E-state index contributed by atoms with van der Waals surface area (Å²) in [4.78, 5) is 30.5. The summed E-state index contributed by atoms with van der Waals surface area (Å²) in [6, 6.07) is 37.3. The van der Waals surface area contributed by atoms with Crippen LogP contribution in [0, 0.1) is 0 Å². The number of hydrogen-bond donors (Lipinski definition) is 2. The average molecular weight is 987 g/mol. The highest BCUT2D eigenvalue weighted by Crippen LogP contribution is 2.42. The van der Waals surface area contributed by atoms with Crippen LogP contribution in [-0.4, -0.2) is 144 Å². The Labute approximate surface area is 418 Å². The standard InChI is InChI=1S/2C27H35NO7.CH4/c2*1-5-32-25(30)20(21(29)22-23-24(26(31-4)33-22)35-27(2,3)34-23)28(16-18-12-8-6-9-13-18)17-19-14-10-7-11-15-19;/h2*6-15,20-24,26,29H,5,16-17H2,1-4H3;1H4/t20-,21+,22-,23-,24-,26-;20-,21-,22+,23+,24+,26+;/m10./s1. The maximum atomic E-state index is 13.4. The first-order valence-corrected chi connectivity index (χ1v) is 24.1. The van der Waals surface area contributed by atoms with Gasteiger partial charge in [-0.25, -0.2) is 0 Å². The molecule has 388 valence electrons. The lowest BCUT2D eigenvalue weighted by Crippen LogP contribution is -2.56. The zero-order chi connectivity index (χ0) is 50.0. The number of aliphatic hydroxyl groups is 2. The van der Waals surface area contributed by atoms with E-state index in [-0.39, 0.29) is 20.6 Å². The van der Waals surface area contributed by atoms with Gasteiger partial charge in [-0.15, -0.1) is 0 Å². The lowest BCUT2D eigenvalue weighted by Gasteiger charge is -2.36. The normalized spacial score (nSPS) is 26.5. The quantitative estimate of drug-likeness (QED) is 0.0934. The molecule has 2 N–H and O–H groups in total. The first-order valence-electron chi connectivity index (χ1n) is 24.1. The van der Waals surface area contributed by atoms with Gasteiger partial charge in [-0.2, -0.15) is 0 Å². The van der Waals surface area contributed by atoms with Crippen molar-refractivity contribution in [1.82, 2.24) is 9.80 Å². The summed E-state index contributed by atoms with van der Waals surface area (Å²) in [7, 11) is 3.04. The van der Waals surface area contributed by atoms with E-state index < -0.39 is 97.0 Å². The van der Waals surface area contributed by atoms with Crippen molar-refractivity contribution in [1.29, 1.82) is 0 Å². The molecule has 4 aromatic rings. The fourth-order valence-corrected chi connectivity index (χ4v) is 9.71. The van der Waals surface area contributed by atoms with Gasteiger partial charge in [0, 0.05) is 40.4 Å².